The van der Waals surface area contributed by atoms with Crippen LogP contribution in [0.5, 0.6) is 0 Å². The molecule has 1 aromatic carbocycles. The number of H-pyrrole nitrogens is 1. The number of amides is 1. The molecule has 6 rings (SSSR count). The van der Waals surface area contributed by atoms with Crippen molar-refractivity contribution >= 4 is 34.4 Å². The van der Waals surface area contributed by atoms with Crippen LogP contribution in [0.2, 0.25) is 0 Å². The number of pyridine rings is 1. The number of hydrogen-bond donors (Lipinski definition) is 2. The number of aromatic amines is 1. The number of piperazine rings is 1. The molecule has 216 valence electrons. The number of nitrogens with zero attached hydrogens (tertiary/aromatic N) is 10. The van der Waals surface area contributed by atoms with E-state index in [0.717, 1.165) is 18.4 Å². The second-order valence-corrected chi connectivity index (χ2v) is 10.1. The quantitative estimate of drug-likeness (QED) is 0.196. The number of carbonyl (C=O) groups excluding carboxylic acids is 2. The van der Waals surface area contributed by atoms with Gasteiger partial charge in [-0.25, -0.2) is 14.1 Å². The highest BCUT2D eigenvalue weighted by Gasteiger charge is 2.31. The molecule has 1 aliphatic rings. The van der Waals surface area contributed by atoms with E-state index in [1.807, 2.05) is 54.2 Å². The highest BCUT2D eigenvalue weighted by molar-refractivity contribution is 6.45. The van der Waals surface area contributed by atoms with Crippen molar-refractivity contribution in [2.24, 2.45) is 0 Å². The number of rotatable bonds is 9. The van der Waals surface area contributed by atoms with Gasteiger partial charge in [0.25, 0.3) is 11.7 Å². The van der Waals surface area contributed by atoms with Crippen molar-refractivity contribution in [1.29, 1.82) is 0 Å². The van der Waals surface area contributed by atoms with Crippen molar-refractivity contribution in [3.8, 4) is 11.5 Å². The van der Waals surface area contributed by atoms with Crippen molar-refractivity contribution in [2.75, 3.05) is 63.6 Å². The zero-order chi connectivity index (χ0) is 29.2. The van der Waals surface area contributed by atoms with E-state index in [0.29, 0.717) is 37.2 Å². The first-order valence-corrected chi connectivity index (χ1v) is 13.4. The molecule has 1 fully saturated rings. The van der Waals surface area contributed by atoms with E-state index in [4.69, 9.17) is 0 Å². The van der Waals surface area contributed by atoms with Gasteiger partial charge in [0.2, 0.25) is 5.95 Å². The van der Waals surface area contributed by atoms with Crippen LogP contribution in [0, 0.1) is 5.82 Å². The number of tetrazole rings is 1. The van der Waals surface area contributed by atoms with Gasteiger partial charge in [-0.2, -0.15) is 4.68 Å². The average molecular weight is 573 g/mol. The lowest BCUT2D eigenvalue weighted by molar-refractivity contribution is -0.126. The summed E-state index contributed by atoms with van der Waals surface area (Å²) in [6.07, 6.45) is 4.07. The fraction of sp³-hybridized carbons (Fsp3) is 0.296. The summed E-state index contributed by atoms with van der Waals surface area (Å²) in [5.74, 6) is -0.726. The van der Waals surface area contributed by atoms with Crippen molar-refractivity contribution in [2.45, 2.75) is 0 Å². The highest BCUT2D eigenvalue weighted by atomic mass is 19.1. The van der Waals surface area contributed by atoms with Gasteiger partial charge < -0.3 is 25.0 Å². The maximum absolute atomic E-state index is 15.0. The Morgan fingerprint density at radius 3 is 2.64 bits per heavy atom. The summed E-state index contributed by atoms with van der Waals surface area (Å²) in [5.41, 5.74) is 1.03. The molecule has 1 saturated heterocycles. The lowest BCUT2D eigenvalue weighted by atomic mass is 10.1. The molecular weight excluding hydrogens is 543 g/mol. The molecule has 5 aromatic rings. The van der Waals surface area contributed by atoms with Gasteiger partial charge in [0.05, 0.1) is 28.4 Å². The Bertz CT molecular complexity index is 1720. The van der Waals surface area contributed by atoms with Gasteiger partial charge in [-0.1, -0.05) is 23.3 Å². The predicted octanol–water partition coefficient (Wildman–Crippen LogP) is 1.37. The zero-order valence-corrected chi connectivity index (χ0v) is 23.1. The maximum atomic E-state index is 15.0. The normalized spacial score (nSPS) is 13.7. The number of fused-ring (bicyclic) bond motifs is 1. The molecule has 2 N–H and O–H groups in total. The van der Waals surface area contributed by atoms with Gasteiger partial charge in [0.1, 0.15) is 5.82 Å². The number of aromatic nitrogens is 8. The Balaban J connectivity index is 1.17. The molecule has 0 unspecified atom stereocenters. The monoisotopic (exact) mass is 572 g/mol. The minimum absolute atomic E-state index is 0.00311. The van der Waals surface area contributed by atoms with Gasteiger partial charge in [-0.05, 0) is 36.7 Å². The first-order valence-electron chi connectivity index (χ1n) is 13.4. The number of Topliss-reactive ketones (excluding diaryl/α,β-unsaturated/α-hetero) is 1. The Hall–Kier alpha value is -5.18. The lowest BCUT2D eigenvalue weighted by Gasteiger charge is -2.34. The van der Waals surface area contributed by atoms with Crippen molar-refractivity contribution in [3.05, 3.63) is 66.4 Å². The first-order chi connectivity index (χ1) is 20.4. The van der Waals surface area contributed by atoms with Crippen LogP contribution in [0.25, 0.3) is 22.4 Å². The Morgan fingerprint density at radius 1 is 1.10 bits per heavy atom. The van der Waals surface area contributed by atoms with Crippen molar-refractivity contribution < 1.29 is 14.0 Å². The largest absolute Gasteiger partial charge is 0.367 e. The van der Waals surface area contributed by atoms with Crippen LogP contribution in [0.1, 0.15) is 10.4 Å². The van der Waals surface area contributed by atoms with Crippen LogP contribution in [-0.2, 0) is 4.79 Å². The van der Waals surface area contributed by atoms with Crippen molar-refractivity contribution in [1.82, 2.24) is 49.8 Å². The standard InChI is InChI=1S/C27H29FN12O2/c1-36(2)11-9-29-21-8-10-39(33-21)25-23-22(20(28)17-31-25)19(16-30-23)24(41)26(42)37-12-14-38(15-13-37)27-32-34-35-40(27)18-6-4-3-5-7-18/h3-8,10,16-17,30H,9,11-15H2,1-2H3,(H,29,33). The van der Waals surface area contributed by atoms with Crippen LogP contribution in [-0.4, -0.2) is 115 Å². The molecule has 0 aliphatic carbocycles. The third-order valence-electron chi connectivity index (χ3n) is 7.06. The number of halogens is 1. The zero-order valence-electron chi connectivity index (χ0n) is 23.1. The number of likely N-dealkylation sites (N-methyl/N-ethyl adjacent to an activating group) is 1. The third kappa shape index (κ3) is 5.16. The maximum Gasteiger partial charge on any atom is 0.295 e. The van der Waals surface area contributed by atoms with Crippen LogP contribution in [0.4, 0.5) is 16.2 Å². The molecule has 15 heteroatoms. The fourth-order valence-corrected chi connectivity index (χ4v) is 4.88. The molecule has 1 amide bonds. The molecule has 42 heavy (non-hydrogen) atoms. The summed E-state index contributed by atoms with van der Waals surface area (Å²) in [5, 5.41) is 19.7. The van der Waals surface area contributed by atoms with E-state index >= 15 is 4.39 Å². The predicted molar refractivity (Wildman–Crippen MR) is 152 cm³/mol. The smallest absolute Gasteiger partial charge is 0.295 e. The number of nitrogens with one attached hydrogen (secondary N) is 2. The number of carbonyl (C=O) groups is 2. The topological polar surface area (TPSA) is 146 Å². The number of hydrogen-bond acceptors (Lipinski definition) is 10. The second kappa shape index (κ2) is 11.4. The van der Waals surface area contributed by atoms with E-state index in [2.05, 4.69) is 35.9 Å². The molecule has 5 heterocycles. The molecule has 0 spiro atoms. The summed E-state index contributed by atoms with van der Waals surface area (Å²) >= 11 is 0. The summed E-state index contributed by atoms with van der Waals surface area (Å²) in [4.78, 5) is 39.2. The molecule has 1 aliphatic heterocycles. The average Bonchev–Trinajstić information content (AvgIpc) is 3.78. The molecule has 0 saturated carbocycles. The molecule has 0 radical (unpaired) electrons. The molecule has 4 aromatic heterocycles. The van der Waals surface area contributed by atoms with Crippen LogP contribution < -0.4 is 10.2 Å². The summed E-state index contributed by atoms with van der Waals surface area (Å²) in [6.45, 7) is 2.92. The van der Waals surface area contributed by atoms with E-state index in [-0.39, 0.29) is 29.6 Å². The molecule has 14 nitrogen and oxygen atoms in total. The minimum atomic E-state index is -0.800. The van der Waals surface area contributed by atoms with E-state index < -0.39 is 17.5 Å². The number of para-hydroxylation sites is 1. The minimum Gasteiger partial charge on any atom is -0.367 e. The van der Waals surface area contributed by atoms with Gasteiger partial charge in [0.15, 0.2) is 11.6 Å². The number of ketones is 1. The number of benzene rings is 1. The second-order valence-electron chi connectivity index (χ2n) is 10.1. The van der Waals surface area contributed by atoms with E-state index in [1.165, 1.54) is 15.8 Å². The Labute approximate surface area is 239 Å². The van der Waals surface area contributed by atoms with Gasteiger partial charge in [0, 0.05) is 57.7 Å². The number of anilines is 2. The summed E-state index contributed by atoms with van der Waals surface area (Å²) in [6, 6.07) is 11.3. The van der Waals surface area contributed by atoms with Crippen LogP contribution in [0.3, 0.4) is 0 Å². The Kier molecular flexibility index (Phi) is 7.31. The Morgan fingerprint density at radius 2 is 1.88 bits per heavy atom. The van der Waals surface area contributed by atoms with Crippen LogP contribution >= 0.6 is 0 Å². The van der Waals surface area contributed by atoms with Gasteiger partial charge in [-0.3, -0.25) is 9.59 Å². The first kappa shape index (κ1) is 27.0. The molecule has 0 atom stereocenters. The lowest BCUT2D eigenvalue weighted by Crippen LogP contribution is -2.51. The SMILES string of the molecule is CN(C)CCNc1ccn(-c2ncc(F)c3c(C(=O)C(=O)N4CCN(c5nnnn5-c5ccccc5)CC4)c[nH]c23)n1. The highest BCUT2D eigenvalue weighted by Crippen LogP contribution is 2.27. The fourth-order valence-electron chi connectivity index (χ4n) is 4.88. The van der Waals surface area contributed by atoms with Gasteiger partial charge in [-0.15, -0.1) is 5.10 Å². The van der Waals surface area contributed by atoms with Crippen LogP contribution in [0.15, 0.2) is 55.0 Å². The van der Waals surface area contributed by atoms with E-state index in [9.17, 15) is 9.59 Å². The molecular formula is C27H29FN12O2. The molecule has 0 bridgehead atoms. The van der Waals surface area contributed by atoms with Crippen molar-refractivity contribution in [3.63, 3.8) is 0 Å². The summed E-state index contributed by atoms with van der Waals surface area (Å²) in [7, 11) is 3.96. The van der Waals surface area contributed by atoms with Gasteiger partial charge >= 0.3 is 0 Å². The third-order valence-corrected chi connectivity index (χ3v) is 7.06. The summed E-state index contributed by atoms with van der Waals surface area (Å²) < 4.78 is 18.2. The van der Waals surface area contributed by atoms with E-state index in [1.54, 1.807) is 16.9 Å².